The summed E-state index contributed by atoms with van der Waals surface area (Å²) in [6.07, 6.45) is 5.75. The minimum absolute atomic E-state index is 0.0281. The van der Waals surface area contributed by atoms with Crippen molar-refractivity contribution in [1.29, 1.82) is 0 Å². The highest BCUT2D eigenvalue weighted by molar-refractivity contribution is 7.10. The molecule has 0 radical (unpaired) electrons. The van der Waals surface area contributed by atoms with E-state index >= 15 is 0 Å². The Kier molecular flexibility index (Phi) is 8.24. The average Bonchev–Trinajstić information content (AvgIpc) is 3.53. The summed E-state index contributed by atoms with van der Waals surface area (Å²) >= 11 is 1.71. The van der Waals surface area contributed by atoms with Crippen LogP contribution in [0.3, 0.4) is 0 Å². The van der Waals surface area contributed by atoms with E-state index in [-0.39, 0.29) is 36.1 Å². The van der Waals surface area contributed by atoms with Crippen LogP contribution in [0.1, 0.15) is 62.4 Å². The first-order chi connectivity index (χ1) is 16.4. The summed E-state index contributed by atoms with van der Waals surface area (Å²) in [7, 11) is 0. The lowest BCUT2D eigenvalue weighted by Gasteiger charge is -2.37. The van der Waals surface area contributed by atoms with Crippen molar-refractivity contribution in [2.24, 2.45) is 11.8 Å². The normalized spacial score (nSPS) is 18.2. The van der Waals surface area contributed by atoms with E-state index in [1.54, 1.807) is 28.4 Å². The highest BCUT2D eigenvalue weighted by Gasteiger charge is 2.35. The summed E-state index contributed by atoms with van der Waals surface area (Å²) in [5.74, 6) is 0.900. The fraction of sp³-hybridized carbons (Fsp3) is 0.556. The molecule has 0 unspecified atom stereocenters. The molecule has 1 fully saturated rings. The van der Waals surface area contributed by atoms with Gasteiger partial charge < -0.3 is 14.5 Å². The molecule has 1 aromatic carbocycles. The van der Waals surface area contributed by atoms with Crippen LogP contribution in [0.5, 0.6) is 5.75 Å². The number of halogens is 1. The summed E-state index contributed by atoms with van der Waals surface area (Å²) in [5.41, 5.74) is 1.11. The van der Waals surface area contributed by atoms with Crippen molar-refractivity contribution in [1.82, 2.24) is 9.80 Å². The van der Waals surface area contributed by atoms with Gasteiger partial charge in [-0.15, -0.1) is 11.3 Å². The number of hydrogen-bond acceptors (Lipinski definition) is 4. The maximum atomic E-state index is 13.6. The molecule has 2 heterocycles. The molecular weight excluding hydrogens is 451 g/mol. The summed E-state index contributed by atoms with van der Waals surface area (Å²) in [6, 6.07) is 7.80. The second-order valence-corrected chi connectivity index (χ2v) is 10.8. The van der Waals surface area contributed by atoms with Gasteiger partial charge in [0.05, 0.1) is 12.6 Å². The largest absolute Gasteiger partial charge is 0.491 e. The molecular formula is C27H35FN2O3S. The van der Waals surface area contributed by atoms with Crippen LogP contribution in [0.4, 0.5) is 4.39 Å². The molecule has 2 aromatic rings. The zero-order chi connectivity index (χ0) is 24.1. The topological polar surface area (TPSA) is 49.9 Å². The van der Waals surface area contributed by atoms with Gasteiger partial charge in [0.15, 0.2) is 0 Å². The zero-order valence-electron chi connectivity index (χ0n) is 20.2. The second kappa shape index (κ2) is 11.3. The van der Waals surface area contributed by atoms with Crippen LogP contribution in [0.2, 0.25) is 0 Å². The molecule has 1 aromatic heterocycles. The number of hydrogen-bond donors (Lipinski definition) is 0. The fourth-order valence-corrected chi connectivity index (χ4v) is 5.88. The number of carbonyl (C=O) groups is 2. The number of fused-ring (bicyclic) bond motifs is 1. The SMILES string of the molecule is CC(C)CCN(CC(=O)N1CCc2sccc2[C@H]1COc1ccc(F)cc1)C(=O)C1CCCC1. The molecule has 7 heteroatoms. The zero-order valence-corrected chi connectivity index (χ0v) is 21.0. The molecule has 1 aliphatic carbocycles. The van der Waals surface area contributed by atoms with Crippen molar-refractivity contribution < 1.29 is 18.7 Å². The molecule has 0 N–H and O–H groups in total. The highest BCUT2D eigenvalue weighted by Crippen LogP contribution is 2.34. The Morgan fingerprint density at radius 1 is 1.18 bits per heavy atom. The number of nitrogens with zero attached hydrogens (tertiary/aromatic N) is 2. The molecule has 1 atom stereocenters. The molecule has 1 saturated carbocycles. The monoisotopic (exact) mass is 486 g/mol. The van der Waals surface area contributed by atoms with Gasteiger partial charge in [0.2, 0.25) is 11.8 Å². The van der Waals surface area contributed by atoms with Gasteiger partial charge in [-0.05, 0) is 72.9 Å². The predicted molar refractivity (Wildman–Crippen MR) is 132 cm³/mol. The molecule has 2 aliphatic rings. The highest BCUT2D eigenvalue weighted by atomic mass is 32.1. The lowest BCUT2D eigenvalue weighted by atomic mass is 10.00. The first kappa shape index (κ1) is 24.7. The van der Waals surface area contributed by atoms with Gasteiger partial charge in [-0.1, -0.05) is 26.7 Å². The van der Waals surface area contributed by atoms with E-state index in [1.807, 2.05) is 4.90 Å². The number of thiophene rings is 1. The lowest BCUT2D eigenvalue weighted by molar-refractivity contribution is -0.144. The summed E-state index contributed by atoms with van der Waals surface area (Å²) in [5, 5.41) is 2.06. The number of benzene rings is 1. The quantitative estimate of drug-likeness (QED) is 0.473. The Morgan fingerprint density at radius 3 is 2.62 bits per heavy atom. The van der Waals surface area contributed by atoms with Crippen LogP contribution in [-0.2, 0) is 16.0 Å². The molecule has 0 bridgehead atoms. The first-order valence-electron chi connectivity index (χ1n) is 12.4. The van der Waals surface area contributed by atoms with Crippen molar-refractivity contribution >= 4 is 23.2 Å². The van der Waals surface area contributed by atoms with Crippen LogP contribution >= 0.6 is 11.3 Å². The minimum Gasteiger partial charge on any atom is -0.491 e. The first-order valence-corrected chi connectivity index (χ1v) is 13.3. The van der Waals surface area contributed by atoms with Gasteiger partial charge in [0, 0.05) is 23.9 Å². The van der Waals surface area contributed by atoms with Crippen molar-refractivity contribution in [3.63, 3.8) is 0 Å². The van der Waals surface area contributed by atoms with Gasteiger partial charge >= 0.3 is 0 Å². The van der Waals surface area contributed by atoms with E-state index in [2.05, 4.69) is 25.3 Å². The Labute approximate surface area is 205 Å². The number of rotatable bonds is 9. The average molecular weight is 487 g/mol. The van der Waals surface area contributed by atoms with Crippen LogP contribution in [0.25, 0.3) is 0 Å². The van der Waals surface area contributed by atoms with E-state index in [0.29, 0.717) is 31.4 Å². The van der Waals surface area contributed by atoms with Crippen LogP contribution < -0.4 is 4.74 Å². The number of ether oxygens (including phenoxy) is 1. The second-order valence-electron chi connectivity index (χ2n) is 9.84. The van der Waals surface area contributed by atoms with E-state index < -0.39 is 0 Å². The van der Waals surface area contributed by atoms with Gasteiger partial charge in [-0.3, -0.25) is 9.59 Å². The van der Waals surface area contributed by atoms with Crippen molar-refractivity contribution in [2.75, 3.05) is 26.2 Å². The Hall–Kier alpha value is -2.41. The third-order valence-corrected chi connectivity index (χ3v) is 7.95. The maximum Gasteiger partial charge on any atom is 0.242 e. The Balaban J connectivity index is 1.48. The summed E-state index contributed by atoms with van der Waals surface area (Å²) < 4.78 is 19.3. The number of amides is 2. The van der Waals surface area contributed by atoms with Gasteiger partial charge in [0.1, 0.15) is 18.2 Å². The van der Waals surface area contributed by atoms with Crippen molar-refractivity contribution in [3.8, 4) is 5.75 Å². The van der Waals surface area contributed by atoms with Gasteiger partial charge in [-0.2, -0.15) is 0 Å². The van der Waals surface area contributed by atoms with Crippen molar-refractivity contribution in [2.45, 2.75) is 58.4 Å². The molecule has 0 saturated heterocycles. The third kappa shape index (κ3) is 5.98. The molecule has 34 heavy (non-hydrogen) atoms. The fourth-order valence-electron chi connectivity index (χ4n) is 4.95. The summed E-state index contributed by atoms with van der Waals surface area (Å²) in [4.78, 5) is 31.8. The molecule has 4 rings (SSSR count). The molecule has 184 valence electrons. The van der Waals surface area contributed by atoms with Crippen molar-refractivity contribution in [3.05, 3.63) is 52.0 Å². The van der Waals surface area contributed by atoms with E-state index in [4.69, 9.17) is 4.74 Å². The van der Waals surface area contributed by atoms with E-state index in [0.717, 1.165) is 44.1 Å². The van der Waals surface area contributed by atoms with Crippen LogP contribution in [-0.4, -0.2) is 47.9 Å². The standard InChI is InChI=1S/C27H35FN2O3S/c1-19(2)11-14-29(27(32)20-5-3-4-6-20)17-26(31)30-15-12-25-23(13-16-34-25)24(30)18-33-22-9-7-21(28)8-10-22/h7-10,13,16,19-20,24H,3-6,11-12,14-15,17-18H2,1-2H3/t24-/m1/s1. The number of carbonyl (C=O) groups excluding carboxylic acids is 2. The molecule has 5 nitrogen and oxygen atoms in total. The van der Waals surface area contributed by atoms with Gasteiger partial charge in [-0.25, -0.2) is 4.39 Å². The molecule has 1 aliphatic heterocycles. The third-order valence-electron chi connectivity index (χ3n) is 6.96. The van der Waals surface area contributed by atoms with Crippen LogP contribution in [0.15, 0.2) is 35.7 Å². The summed E-state index contributed by atoms with van der Waals surface area (Å²) in [6.45, 7) is 5.93. The smallest absolute Gasteiger partial charge is 0.242 e. The lowest BCUT2D eigenvalue weighted by Crippen LogP contribution is -2.49. The van der Waals surface area contributed by atoms with E-state index in [9.17, 15) is 14.0 Å². The molecule has 2 amide bonds. The Bertz CT molecular complexity index is 969. The predicted octanol–water partition coefficient (Wildman–Crippen LogP) is 5.46. The van der Waals surface area contributed by atoms with Crippen LogP contribution in [0, 0.1) is 17.7 Å². The van der Waals surface area contributed by atoms with Gasteiger partial charge in [0.25, 0.3) is 0 Å². The maximum absolute atomic E-state index is 13.6. The van der Waals surface area contributed by atoms with E-state index in [1.165, 1.54) is 17.0 Å². The molecule has 0 spiro atoms. The minimum atomic E-state index is -0.310. The Morgan fingerprint density at radius 2 is 1.91 bits per heavy atom.